The van der Waals surface area contributed by atoms with E-state index in [1.54, 1.807) is 0 Å². The maximum absolute atomic E-state index is 12.2. The molecule has 0 aromatic heterocycles. The lowest BCUT2D eigenvalue weighted by atomic mass is 10.2. The summed E-state index contributed by atoms with van der Waals surface area (Å²) in [5, 5.41) is 9.15. The van der Waals surface area contributed by atoms with Crippen LogP contribution >= 0.6 is 24.0 Å². The van der Waals surface area contributed by atoms with Gasteiger partial charge in [0.25, 0.3) is 0 Å². The van der Waals surface area contributed by atoms with Gasteiger partial charge in [-0.1, -0.05) is 12.1 Å². The van der Waals surface area contributed by atoms with Crippen LogP contribution in [0.1, 0.15) is 25.3 Å². The van der Waals surface area contributed by atoms with Gasteiger partial charge in [0.05, 0.1) is 19.6 Å². The number of rotatable bonds is 6. The van der Waals surface area contributed by atoms with Gasteiger partial charge in [0.15, 0.2) is 5.96 Å². The second-order valence-electron chi connectivity index (χ2n) is 7.07. The van der Waals surface area contributed by atoms with Crippen LogP contribution in [0.3, 0.4) is 0 Å². The number of likely N-dealkylation sites (tertiary alicyclic amines) is 1. The average Bonchev–Trinajstić information content (AvgIpc) is 3.25. The molecule has 8 nitrogen and oxygen atoms in total. The number of nitrogens with one attached hydrogen (secondary N) is 3. The van der Waals surface area contributed by atoms with E-state index in [-0.39, 0.29) is 42.3 Å². The number of nitrogens with zero attached hydrogens (tertiary/aromatic N) is 3. The maximum Gasteiger partial charge on any atom is 0.241 e. The molecule has 2 saturated heterocycles. The zero-order chi connectivity index (χ0) is 19.8. The van der Waals surface area contributed by atoms with Gasteiger partial charge in [-0.2, -0.15) is 0 Å². The molecule has 0 radical (unpaired) electrons. The highest BCUT2D eigenvalue weighted by Crippen LogP contribution is 2.16. The second-order valence-corrected chi connectivity index (χ2v) is 7.07. The van der Waals surface area contributed by atoms with Crippen LogP contribution in [0.2, 0.25) is 0 Å². The maximum atomic E-state index is 12.2. The van der Waals surface area contributed by atoms with Crippen molar-refractivity contribution in [1.82, 2.24) is 20.9 Å². The van der Waals surface area contributed by atoms with Gasteiger partial charge in [-0.15, -0.1) is 24.0 Å². The SMILES string of the molecule is CCNC(=NCc1ccc(N2CCNC(=O)C2)cc1)NCC(=O)N1CCCC1.I. The Labute approximate surface area is 189 Å². The summed E-state index contributed by atoms with van der Waals surface area (Å²) in [4.78, 5) is 32.3. The molecule has 0 bridgehead atoms. The summed E-state index contributed by atoms with van der Waals surface area (Å²) in [5.74, 6) is 0.828. The van der Waals surface area contributed by atoms with Crippen molar-refractivity contribution < 1.29 is 9.59 Å². The first-order valence-electron chi connectivity index (χ1n) is 10.1. The van der Waals surface area contributed by atoms with Crippen molar-refractivity contribution in [3.8, 4) is 0 Å². The number of carbonyl (C=O) groups excluding carboxylic acids is 2. The number of guanidine groups is 1. The third-order valence-electron chi connectivity index (χ3n) is 4.97. The Bertz CT molecular complexity index is 703. The third kappa shape index (κ3) is 7.06. The molecule has 2 amide bonds. The van der Waals surface area contributed by atoms with Gasteiger partial charge in [0.1, 0.15) is 0 Å². The molecular weight excluding hydrogens is 483 g/mol. The number of hydrogen-bond acceptors (Lipinski definition) is 4. The number of benzene rings is 1. The monoisotopic (exact) mass is 514 g/mol. The van der Waals surface area contributed by atoms with Crippen LogP contribution in [0.5, 0.6) is 0 Å². The molecule has 3 N–H and O–H groups in total. The van der Waals surface area contributed by atoms with Crippen LogP contribution in [0.25, 0.3) is 0 Å². The summed E-state index contributed by atoms with van der Waals surface area (Å²) in [7, 11) is 0. The summed E-state index contributed by atoms with van der Waals surface area (Å²) in [6, 6.07) is 8.12. The molecule has 2 fully saturated rings. The predicted octanol–water partition coefficient (Wildman–Crippen LogP) is 0.918. The van der Waals surface area contributed by atoms with Crippen LogP contribution in [-0.2, 0) is 16.1 Å². The van der Waals surface area contributed by atoms with Crippen molar-refractivity contribution in [3.63, 3.8) is 0 Å². The Morgan fingerprint density at radius 1 is 1.14 bits per heavy atom. The summed E-state index contributed by atoms with van der Waals surface area (Å²) in [5.41, 5.74) is 2.12. The standard InChI is InChI=1S/C20H30N6O2.HI/c1-2-21-20(24-14-19(28)25-10-3-4-11-25)23-13-16-5-7-17(8-6-16)26-12-9-22-18(27)15-26;/h5-8H,2-4,9-15H2,1H3,(H,22,27)(H2,21,23,24);1H. The van der Waals surface area contributed by atoms with E-state index < -0.39 is 0 Å². The quantitative estimate of drug-likeness (QED) is 0.299. The molecule has 2 aliphatic rings. The molecule has 160 valence electrons. The molecule has 0 aliphatic carbocycles. The minimum absolute atomic E-state index is 0. The fourth-order valence-corrected chi connectivity index (χ4v) is 3.42. The molecule has 29 heavy (non-hydrogen) atoms. The van der Waals surface area contributed by atoms with Gasteiger partial charge < -0.3 is 25.8 Å². The minimum atomic E-state index is 0. The number of amides is 2. The van der Waals surface area contributed by atoms with E-state index in [0.29, 0.717) is 25.6 Å². The number of hydrogen-bond donors (Lipinski definition) is 3. The molecule has 0 saturated carbocycles. The molecule has 2 heterocycles. The van der Waals surface area contributed by atoms with Crippen molar-refractivity contribution in [2.24, 2.45) is 4.99 Å². The molecular formula is C20H31IN6O2. The Morgan fingerprint density at radius 3 is 2.52 bits per heavy atom. The Hall–Kier alpha value is -2.04. The molecule has 2 aliphatic heterocycles. The smallest absolute Gasteiger partial charge is 0.241 e. The fourth-order valence-electron chi connectivity index (χ4n) is 3.42. The van der Waals surface area contributed by atoms with Gasteiger partial charge in [0, 0.05) is 38.4 Å². The highest BCUT2D eigenvalue weighted by molar-refractivity contribution is 14.0. The van der Waals surface area contributed by atoms with E-state index in [2.05, 4.69) is 25.8 Å². The van der Waals surface area contributed by atoms with Crippen molar-refractivity contribution in [3.05, 3.63) is 29.8 Å². The normalized spacial score (nSPS) is 16.9. The third-order valence-corrected chi connectivity index (χ3v) is 4.97. The zero-order valence-corrected chi connectivity index (χ0v) is 19.3. The van der Waals surface area contributed by atoms with Gasteiger partial charge >= 0.3 is 0 Å². The van der Waals surface area contributed by atoms with Crippen LogP contribution < -0.4 is 20.9 Å². The molecule has 0 atom stereocenters. The Balaban J connectivity index is 0.00000300. The zero-order valence-electron chi connectivity index (χ0n) is 16.9. The summed E-state index contributed by atoms with van der Waals surface area (Å²) < 4.78 is 0. The van der Waals surface area contributed by atoms with Crippen LogP contribution in [-0.4, -0.2) is 68.5 Å². The van der Waals surface area contributed by atoms with Crippen molar-refractivity contribution in [2.45, 2.75) is 26.3 Å². The number of piperazine rings is 1. The van der Waals surface area contributed by atoms with Crippen molar-refractivity contribution in [1.29, 1.82) is 0 Å². The lowest BCUT2D eigenvalue weighted by Crippen LogP contribution is -2.47. The van der Waals surface area contributed by atoms with Gasteiger partial charge in [0.2, 0.25) is 11.8 Å². The summed E-state index contributed by atoms with van der Waals surface area (Å²) in [6.45, 7) is 7.15. The molecule has 0 unspecified atom stereocenters. The summed E-state index contributed by atoms with van der Waals surface area (Å²) >= 11 is 0. The Kier molecular flexibility index (Phi) is 9.49. The second kappa shape index (κ2) is 11.8. The van der Waals surface area contributed by atoms with Crippen LogP contribution in [0, 0.1) is 0 Å². The first kappa shape index (κ1) is 23.2. The summed E-state index contributed by atoms with van der Waals surface area (Å²) in [6.07, 6.45) is 2.19. The number of halogens is 1. The topological polar surface area (TPSA) is 89.1 Å². The van der Waals surface area contributed by atoms with E-state index in [1.165, 1.54) is 0 Å². The van der Waals surface area contributed by atoms with Crippen LogP contribution in [0.15, 0.2) is 29.3 Å². The minimum Gasteiger partial charge on any atom is -0.360 e. The number of carbonyl (C=O) groups is 2. The number of aliphatic imine (C=N–C) groups is 1. The highest BCUT2D eigenvalue weighted by Gasteiger charge is 2.18. The first-order valence-corrected chi connectivity index (χ1v) is 10.1. The number of anilines is 1. The highest BCUT2D eigenvalue weighted by atomic mass is 127. The average molecular weight is 514 g/mol. The lowest BCUT2D eigenvalue weighted by molar-refractivity contribution is -0.128. The van der Waals surface area contributed by atoms with Crippen molar-refractivity contribution in [2.75, 3.05) is 50.7 Å². The largest absolute Gasteiger partial charge is 0.360 e. The van der Waals surface area contributed by atoms with Gasteiger partial charge in [-0.3, -0.25) is 9.59 Å². The van der Waals surface area contributed by atoms with E-state index in [0.717, 1.165) is 50.3 Å². The van der Waals surface area contributed by atoms with Gasteiger partial charge in [-0.25, -0.2) is 4.99 Å². The Morgan fingerprint density at radius 2 is 1.86 bits per heavy atom. The van der Waals surface area contributed by atoms with Crippen LogP contribution in [0.4, 0.5) is 5.69 Å². The van der Waals surface area contributed by atoms with E-state index in [4.69, 9.17) is 0 Å². The predicted molar refractivity (Wildman–Crippen MR) is 126 cm³/mol. The fraction of sp³-hybridized carbons (Fsp3) is 0.550. The molecule has 1 aromatic rings. The van der Waals surface area contributed by atoms with E-state index >= 15 is 0 Å². The first-order chi connectivity index (χ1) is 13.7. The molecule has 0 spiro atoms. The molecule has 3 rings (SSSR count). The lowest BCUT2D eigenvalue weighted by Gasteiger charge is -2.28. The molecule has 9 heteroatoms. The molecule has 1 aromatic carbocycles. The van der Waals surface area contributed by atoms with E-state index in [9.17, 15) is 9.59 Å². The van der Waals surface area contributed by atoms with E-state index in [1.807, 2.05) is 36.1 Å². The van der Waals surface area contributed by atoms with Gasteiger partial charge in [-0.05, 0) is 37.5 Å². The van der Waals surface area contributed by atoms with Crippen molar-refractivity contribution >= 4 is 47.4 Å².